The number of hydrogen-bond acceptors (Lipinski definition) is 3. The lowest BCUT2D eigenvalue weighted by Gasteiger charge is -2.17. The number of anilines is 2. The number of benzene rings is 3. The summed E-state index contributed by atoms with van der Waals surface area (Å²) in [6.45, 7) is 1.89. The van der Waals surface area contributed by atoms with Crippen LogP contribution in [0.15, 0.2) is 96.6 Å². The Morgan fingerprint density at radius 1 is 0.697 bits per heavy atom. The Morgan fingerprint density at radius 3 is 1.67 bits per heavy atom. The van der Waals surface area contributed by atoms with E-state index in [2.05, 4.69) is 70.5 Å². The van der Waals surface area contributed by atoms with Crippen molar-refractivity contribution >= 4 is 28.3 Å². The van der Waals surface area contributed by atoms with Gasteiger partial charge in [-0.05, 0) is 70.7 Å². The van der Waals surface area contributed by atoms with E-state index in [4.69, 9.17) is 0 Å². The summed E-state index contributed by atoms with van der Waals surface area (Å²) in [5, 5.41) is 0. The van der Waals surface area contributed by atoms with Gasteiger partial charge in [0, 0.05) is 45.1 Å². The Labute approximate surface area is 197 Å². The van der Waals surface area contributed by atoms with Gasteiger partial charge in [-0.3, -0.25) is 4.79 Å². The van der Waals surface area contributed by atoms with Gasteiger partial charge in [-0.15, -0.1) is 0 Å². The summed E-state index contributed by atoms with van der Waals surface area (Å²) in [7, 11) is 8.19. The minimum absolute atomic E-state index is 0.102. The summed E-state index contributed by atoms with van der Waals surface area (Å²) in [4.78, 5) is 16.8. The first kappa shape index (κ1) is 22.3. The predicted octanol–water partition coefficient (Wildman–Crippen LogP) is 6.48. The Kier molecular flexibility index (Phi) is 6.32. The third-order valence-electron chi connectivity index (χ3n) is 6.03. The molecule has 3 aromatic rings. The van der Waals surface area contributed by atoms with Crippen molar-refractivity contribution in [1.82, 2.24) is 0 Å². The minimum Gasteiger partial charge on any atom is -0.378 e. The molecule has 3 aromatic carbocycles. The second-order valence-electron chi connectivity index (χ2n) is 8.79. The fourth-order valence-electron chi connectivity index (χ4n) is 4.07. The highest BCUT2D eigenvalue weighted by Crippen LogP contribution is 2.32. The SMILES string of the molecule is CC1=C/C(=C/C=C(c2ccc(N(C)C)cc2)c2ccc(N(C)C)cc2)c2ccccc2C1=O. The van der Waals surface area contributed by atoms with Crippen LogP contribution in [-0.2, 0) is 0 Å². The first-order chi connectivity index (χ1) is 15.8. The molecule has 1 aliphatic rings. The van der Waals surface area contributed by atoms with E-state index in [1.165, 1.54) is 0 Å². The van der Waals surface area contributed by atoms with Crippen LogP contribution in [-0.4, -0.2) is 34.0 Å². The lowest BCUT2D eigenvalue weighted by Crippen LogP contribution is -2.09. The molecule has 4 rings (SSSR count). The van der Waals surface area contributed by atoms with Gasteiger partial charge in [0.15, 0.2) is 5.78 Å². The highest BCUT2D eigenvalue weighted by molar-refractivity contribution is 6.15. The minimum atomic E-state index is 0.102. The van der Waals surface area contributed by atoms with Crippen LogP contribution in [0.3, 0.4) is 0 Å². The molecule has 0 fully saturated rings. The molecule has 0 saturated carbocycles. The van der Waals surface area contributed by atoms with Crippen molar-refractivity contribution in [3.63, 3.8) is 0 Å². The number of carbonyl (C=O) groups is 1. The zero-order valence-electron chi connectivity index (χ0n) is 20.0. The molecule has 0 bridgehead atoms. The Balaban J connectivity index is 1.83. The quantitative estimate of drug-likeness (QED) is 0.459. The molecule has 33 heavy (non-hydrogen) atoms. The number of nitrogens with zero attached hydrogens (tertiary/aromatic N) is 2. The van der Waals surface area contributed by atoms with Crippen molar-refractivity contribution < 1.29 is 4.79 Å². The molecule has 0 unspecified atom stereocenters. The third kappa shape index (κ3) is 4.68. The van der Waals surface area contributed by atoms with Gasteiger partial charge >= 0.3 is 0 Å². The molecule has 3 nitrogen and oxygen atoms in total. The smallest absolute Gasteiger partial charge is 0.189 e. The highest BCUT2D eigenvalue weighted by atomic mass is 16.1. The van der Waals surface area contributed by atoms with E-state index in [0.29, 0.717) is 0 Å². The summed E-state index contributed by atoms with van der Waals surface area (Å²) >= 11 is 0. The number of ketones is 1. The van der Waals surface area contributed by atoms with E-state index in [1.54, 1.807) is 0 Å². The highest BCUT2D eigenvalue weighted by Gasteiger charge is 2.19. The van der Waals surface area contributed by atoms with Crippen molar-refractivity contribution in [3.05, 3.63) is 119 Å². The second kappa shape index (κ2) is 9.33. The van der Waals surface area contributed by atoms with Crippen LogP contribution in [0.2, 0.25) is 0 Å². The monoisotopic (exact) mass is 434 g/mol. The molecule has 0 saturated heterocycles. The van der Waals surface area contributed by atoms with Crippen LogP contribution in [0.25, 0.3) is 11.1 Å². The number of fused-ring (bicyclic) bond motifs is 1. The second-order valence-corrected chi connectivity index (χ2v) is 8.79. The van der Waals surface area contributed by atoms with Gasteiger partial charge in [-0.1, -0.05) is 60.7 Å². The summed E-state index contributed by atoms with van der Waals surface area (Å²) in [6, 6.07) is 25.1. The molecule has 0 spiro atoms. The van der Waals surface area contributed by atoms with E-state index in [0.717, 1.165) is 50.3 Å². The van der Waals surface area contributed by atoms with Crippen LogP contribution < -0.4 is 9.80 Å². The van der Waals surface area contributed by atoms with Crippen molar-refractivity contribution in [2.75, 3.05) is 38.0 Å². The molecular weight excluding hydrogens is 404 g/mol. The molecular formula is C30H30N2O. The molecule has 3 heteroatoms. The molecule has 1 aliphatic carbocycles. The van der Waals surface area contributed by atoms with Crippen LogP contribution in [0.1, 0.15) is 34.0 Å². The van der Waals surface area contributed by atoms with Crippen LogP contribution in [0.5, 0.6) is 0 Å². The molecule has 166 valence electrons. The average Bonchev–Trinajstić information content (AvgIpc) is 2.83. The maximum absolute atomic E-state index is 12.6. The van der Waals surface area contributed by atoms with Gasteiger partial charge in [-0.25, -0.2) is 0 Å². The molecule has 0 heterocycles. The van der Waals surface area contributed by atoms with E-state index in [1.807, 2.05) is 65.5 Å². The van der Waals surface area contributed by atoms with Crippen LogP contribution in [0.4, 0.5) is 11.4 Å². The Morgan fingerprint density at radius 2 is 1.18 bits per heavy atom. The number of rotatable bonds is 5. The maximum Gasteiger partial charge on any atom is 0.189 e. The van der Waals surface area contributed by atoms with E-state index >= 15 is 0 Å². The fourth-order valence-corrected chi connectivity index (χ4v) is 4.07. The van der Waals surface area contributed by atoms with Gasteiger partial charge in [0.1, 0.15) is 0 Å². The lowest BCUT2D eigenvalue weighted by atomic mass is 9.87. The van der Waals surface area contributed by atoms with Crippen LogP contribution >= 0.6 is 0 Å². The summed E-state index contributed by atoms with van der Waals surface area (Å²) < 4.78 is 0. The van der Waals surface area contributed by atoms with Crippen molar-refractivity contribution in [3.8, 4) is 0 Å². The summed E-state index contributed by atoms with van der Waals surface area (Å²) in [6.07, 6.45) is 6.29. The lowest BCUT2D eigenvalue weighted by molar-refractivity contribution is 0.103. The molecule has 0 amide bonds. The normalized spacial score (nSPS) is 13.9. The maximum atomic E-state index is 12.6. The number of allylic oxidation sites excluding steroid dienone is 5. The number of carbonyl (C=O) groups excluding carboxylic acids is 1. The molecule has 0 N–H and O–H groups in total. The summed E-state index contributed by atoms with van der Waals surface area (Å²) in [5.74, 6) is 0.102. The standard InChI is InChI=1S/C30H30N2O/c1-21-20-24(28-8-6-7-9-29(28)30(21)33)14-19-27(22-10-15-25(16-11-22)31(2)3)23-12-17-26(18-13-23)32(4)5/h6-20H,1-5H3/b24-14-. The largest absolute Gasteiger partial charge is 0.378 e. The van der Waals surface area contributed by atoms with Gasteiger partial charge in [-0.2, -0.15) is 0 Å². The van der Waals surface area contributed by atoms with Gasteiger partial charge < -0.3 is 9.80 Å². The molecule has 0 atom stereocenters. The van der Waals surface area contributed by atoms with Gasteiger partial charge in [0.2, 0.25) is 0 Å². The molecule has 0 aliphatic heterocycles. The van der Waals surface area contributed by atoms with Gasteiger partial charge in [0.05, 0.1) is 0 Å². The third-order valence-corrected chi connectivity index (χ3v) is 6.03. The zero-order chi connectivity index (χ0) is 23.5. The predicted molar refractivity (Wildman–Crippen MR) is 141 cm³/mol. The van der Waals surface area contributed by atoms with Gasteiger partial charge in [0.25, 0.3) is 0 Å². The van der Waals surface area contributed by atoms with Crippen molar-refractivity contribution in [1.29, 1.82) is 0 Å². The zero-order valence-corrected chi connectivity index (χ0v) is 20.0. The number of hydrogen-bond donors (Lipinski definition) is 0. The van der Waals surface area contributed by atoms with Crippen molar-refractivity contribution in [2.24, 2.45) is 0 Å². The molecule has 0 aromatic heterocycles. The first-order valence-electron chi connectivity index (χ1n) is 11.1. The Hall–Kier alpha value is -3.85. The van der Waals surface area contributed by atoms with Crippen molar-refractivity contribution in [2.45, 2.75) is 6.92 Å². The molecule has 0 radical (unpaired) electrons. The Bertz CT molecular complexity index is 1200. The fraction of sp³-hybridized carbons (Fsp3) is 0.167. The van der Waals surface area contributed by atoms with Crippen LogP contribution in [0, 0.1) is 0 Å². The van der Waals surface area contributed by atoms with E-state index in [-0.39, 0.29) is 5.78 Å². The topological polar surface area (TPSA) is 23.6 Å². The average molecular weight is 435 g/mol. The number of Topliss-reactive ketones (excluding diaryl/α,β-unsaturated/α-hetero) is 1. The summed E-state index contributed by atoms with van der Waals surface area (Å²) in [5.41, 5.74) is 9.33. The van der Waals surface area contributed by atoms with E-state index < -0.39 is 0 Å². The van der Waals surface area contributed by atoms with E-state index in [9.17, 15) is 4.79 Å². The first-order valence-corrected chi connectivity index (χ1v) is 11.1.